The van der Waals surface area contributed by atoms with Crippen molar-refractivity contribution in [3.63, 3.8) is 0 Å². The summed E-state index contributed by atoms with van der Waals surface area (Å²) in [6.45, 7) is 2.11. The number of amides is 3. The van der Waals surface area contributed by atoms with E-state index in [0.29, 0.717) is 34.2 Å². The second-order valence-electron chi connectivity index (χ2n) is 10.0. The lowest BCUT2D eigenvalue weighted by molar-refractivity contribution is -0.122. The quantitative estimate of drug-likeness (QED) is 0.212. The van der Waals surface area contributed by atoms with Gasteiger partial charge in [0.05, 0.1) is 12.1 Å². The van der Waals surface area contributed by atoms with Gasteiger partial charge in [0.1, 0.15) is 11.6 Å². The van der Waals surface area contributed by atoms with E-state index in [0.717, 1.165) is 27.1 Å². The number of aromatic nitrogens is 1. The van der Waals surface area contributed by atoms with Gasteiger partial charge in [0.2, 0.25) is 11.8 Å². The summed E-state index contributed by atoms with van der Waals surface area (Å²) in [7, 11) is 0. The highest BCUT2D eigenvalue weighted by molar-refractivity contribution is 6.30. The van der Waals surface area contributed by atoms with E-state index in [1.807, 2.05) is 61.5 Å². The van der Waals surface area contributed by atoms with E-state index < -0.39 is 11.9 Å². The second kappa shape index (κ2) is 11.0. The number of halogens is 1. The van der Waals surface area contributed by atoms with Gasteiger partial charge < -0.3 is 9.32 Å². The third-order valence-electron chi connectivity index (χ3n) is 7.33. The van der Waals surface area contributed by atoms with Crippen LogP contribution in [0.4, 0.5) is 5.69 Å². The molecule has 8 heteroatoms. The Morgan fingerprint density at radius 1 is 0.976 bits per heavy atom. The van der Waals surface area contributed by atoms with Crippen LogP contribution in [0.1, 0.15) is 27.9 Å². The largest absolute Gasteiger partial charge is 0.436 e. The Bertz CT molecular complexity index is 1750. The van der Waals surface area contributed by atoms with Crippen molar-refractivity contribution >= 4 is 46.1 Å². The first kappa shape index (κ1) is 26.5. The van der Waals surface area contributed by atoms with Gasteiger partial charge in [0.25, 0.3) is 11.8 Å². The molecule has 1 fully saturated rings. The Morgan fingerprint density at radius 2 is 1.73 bits per heavy atom. The highest BCUT2D eigenvalue weighted by Crippen LogP contribution is 2.30. The van der Waals surface area contributed by atoms with Crippen LogP contribution in [0, 0.1) is 6.92 Å². The molecule has 41 heavy (non-hydrogen) atoms. The Kier molecular flexibility index (Phi) is 7.12. The van der Waals surface area contributed by atoms with E-state index in [-0.39, 0.29) is 24.8 Å². The third-order valence-corrected chi connectivity index (χ3v) is 7.57. The van der Waals surface area contributed by atoms with Gasteiger partial charge in [0, 0.05) is 22.7 Å². The molecular formula is C33H26ClN3O4. The zero-order valence-electron chi connectivity index (χ0n) is 22.3. The molecule has 1 aromatic heterocycles. The van der Waals surface area contributed by atoms with Gasteiger partial charge in [-0.25, -0.2) is 9.88 Å². The van der Waals surface area contributed by atoms with Crippen LogP contribution in [-0.4, -0.2) is 40.2 Å². The number of hydrogen-bond donors (Lipinski definition) is 0. The van der Waals surface area contributed by atoms with Gasteiger partial charge in [-0.15, -0.1) is 0 Å². The number of carbonyl (C=O) groups excluding carboxylic acids is 3. The van der Waals surface area contributed by atoms with Crippen LogP contribution in [0.25, 0.3) is 22.6 Å². The fourth-order valence-corrected chi connectivity index (χ4v) is 5.40. The molecule has 0 bridgehead atoms. The molecule has 1 aliphatic rings. The van der Waals surface area contributed by atoms with Crippen molar-refractivity contribution in [1.82, 2.24) is 9.88 Å². The number of anilines is 1. The van der Waals surface area contributed by atoms with Crippen LogP contribution in [0.5, 0.6) is 0 Å². The number of hydrogen-bond acceptors (Lipinski definition) is 5. The summed E-state index contributed by atoms with van der Waals surface area (Å²) in [6.07, 6.45) is 0.383. The van der Waals surface area contributed by atoms with Crippen molar-refractivity contribution in [3.8, 4) is 11.5 Å². The number of benzene rings is 4. The molecular weight excluding hydrogens is 538 g/mol. The van der Waals surface area contributed by atoms with E-state index in [4.69, 9.17) is 16.0 Å². The van der Waals surface area contributed by atoms with Gasteiger partial charge in [0.15, 0.2) is 5.58 Å². The molecule has 6 rings (SSSR count). The highest BCUT2D eigenvalue weighted by Gasteiger charge is 2.44. The molecule has 2 heterocycles. The van der Waals surface area contributed by atoms with E-state index in [9.17, 15) is 14.4 Å². The number of aryl methyl sites for hydroxylation is 1. The number of imide groups is 1. The molecule has 5 aromatic rings. The maximum atomic E-state index is 13.8. The Morgan fingerprint density at radius 3 is 2.49 bits per heavy atom. The van der Waals surface area contributed by atoms with E-state index >= 15 is 0 Å². The zero-order valence-corrected chi connectivity index (χ0v) is 23.0. The first-order valence-electron chi connectivity index (χ1n) is 13.3. The summed E-state index contributed by atoms with van der Waals surface area (Å²) in [4.78, 5) is 48.0. The van der Waals surface area contributed by atoms with Crippen LogP contribution in [0.15, 0.2) is 101 Å². The number of nitrogens with zero attached hydrogens (tertiary/aromatic N) is 3. The minimum absolute atomic E-state index is 0.0983. The molecule has 0 radical (unpaired) electrons. The predicted octanol–water partition coefficient (Wildman–Crippen LogP) is 6.47. The summed E-state index contributed by atoms with van der Waals surface area (Å²) in [6, 6.07) is 28.1. The van der Waals surface area contributed by atoms with Crippen molar-refractivity contribution < 1.29 is 18.8 Å². The van der Waals surface area contributed by atoms with Crippen LogP contribution in [0.2, 0.25) is 5.02 Å². The second-order valence-corrected chi connectivity index (χ2v) is 10.5. The van der Waals surface area contributed by atoms with Gasteiger partial charge in [-0.2, -0.15) is 0 Å². The summed E-state index contributed by atoms with van der Waals surface area (Å²) in [5, 5.41) is 0.596. The first-order chi connectivity index (χ1) is 19.9. The SMILES string of the molecule is Cc1ccccc1C(=O)N(CCc1cccc(Cl)c1)C1CC(=O)N(c2ccc(-c3nc4ccccc4o3)cc2)C1=O. The average Bonchev–Trinajstić information content (AvgIpc) is 3.54. The predicted molar refractivity (Wildman–Crippen MR) is 158 cm³/mol. The normalized spacial score (nSPS) is 15.1. The maximum absolute atomic E-state index is 13.8. The lowest BCUT2D eigenvalue weighted by Gasteiger charge is -2.28. The minimum Gasteiger partial charge on any atom is -0.436 e. The number of carbonyl (C=O) groups is 3. The number of fused-ring (bicyclic) bond motifs is 1. The lowest BCUT2D eigenvalue weighted by atomic mass is 10.0. The van der Waals surface area contributed by atoms with Gasteiger partial charge in [-0.05, 0) is 79.1 Å². The maximum Gasteiger partial charge on any atom is 0.257 e. The summed E-state index contributed by atoms with van der Waals surface area (Å²) < 4.78 is 5.85. The van der Waals surface area contributed by atoms with Gasteiger partial charge in [-0.1, -0.05) is 54.1 Å². The Hall–Kier alpha value is -4.75. The third kappa shape index (κ3) is 5.24. The standard InChI is InChI=1S/C33H26ClN3O4/c1-21-7-2-3-10-26(21)32(39)36(18-17-22-8-6-9-24(34)19-22)28-20-30(38)37(33(28)40)25-15-13-23(14-16-25)31-35-27-11-4-5-12-29(27)41-31/h2-16,19,28H,17-18,20H2,1H3. The van der Waals surface area contributed by atoms with E-state index in [1.165, 1.54) is 4.90 Å². The molecule has 0 spiro atoms. The zero-order chi connectivity index (χ0) is 28.5. The summed E-state index contributed by atoms with van der Waals surface area (Å²) >= 11 is 6.17. The van der Waals surface area contributed by atoms with Crippen molar-refractivity contribution in [2.45, 2.75) is 25.8 Å². The Balaban J connectivity index is 1.27. The van der Waals surface area contributed by atoms with Crippen LogP contribution in [-0.2, 0) is 16.0 Å². The molecule has 1 unspecified atom stereocenters. The fourth-order valence-electron chi connectivity index (χ4n) is 5.19. The van der Waals surface area contributed by atoms with Crippen molar-refractivity contribution in [3.05, 3.63) is 119 Å². The Labute approximate surface area is 242 Å². The van der Waals surface area contributed by atoms with E-state index in [2.05, 4.69) is 4.98 Å². The van der Waals surface area contributed by atoms with Crippen molar-refractivity contribution in [2.24, 2.45) is 0 Å². The molecule has 4 aromatic carbocycles. The molecule has 0 N–H and O–H groups in total. The molecule has 3 amide bonds. The molecule has 0 aliphatic carbocycles. The van der Waals surface area contributed by atoms with Gasteiger partial charge >= 0.3 is 0 Å². The molecule has 7 nitrogen and oxygen atoms in total. The first-order valence-corrected chi connectivity index (χ1v) is 13.7. The molecule has 1 saturated heterocycles. The van der Waals surface area contributed by atoms with E-state index in [1.54, 1.807) is 42.5 Å². The minimum atomic E-state index is -0.925. The topological polar surface area (TPSA) is 83.7 Å². The number of oxazole rings is 1. The summed E-state index contributed by atoms with van der Waals surface area (Å²) in [5.74, 6) is -0.632. The highest BCUT2D eigenvalue weighted by atomic mass is 35.5. The van der Waals surface area contributed by atoms with Crippen molar-refractivity contribution in [1.29, 1.82) is 0 Å². The summed E-state index contributed by atoms with van der Waals surface area (Å²) in [5.41, 5.74) is 4.81. The average molecular weight is 564 g/mol. The monoisotopic (exact) mass is 563 g/mol. The van der Waals surface area contributed by atoms with Crippen LogP contribution < -0.4 is 4.90 Å². The van der Waals surface area contributed by atoms with Gasteiger partial charge in [-0.3, -0.25) is 14.4 Å². The van der Waals surface area contributed by atoms with Crippen LogP contribution in [0.3, 0.4) is 0 Å². The number of para-hydroxylation sites is 2. The molecule has 204 valence electrons. The van der Waals surface area contributed by atoms with Crippen LogP contribution >= 0.6 is 11.6 Å². The van der Waals surface area contributed by atoms with Crippen molar-refractivity contribution in [2.75, 3.05) is 11.4 Å². The molecule has 1 aliphatic heterocycles. The molecule has 0 saturated carbocycles. The fraction of sp³-hybridized carbons (Fsp3) is 0.152. The molecule has 1 atom stereocenters. The lowest BCUT2D eigenvalue weighted by Crippen LogP contribution is -2.46. The number of rotatable bonds is 7. The smallest absolute Gasteiger partial charge is 0.257 e.